The number of β-lactam (4-membered cyclic amide) rings is 1. The highest BCUT2D eigenvalue weighted by Crippen LogP contribution is 2.45. The largest absolute Gasteiger partial charge is 0.461 e. The second-order valence-electron chi connectivity index (χ2n) is 6.63. The van der Waals surface area contributed by atoms with Crippen molar-refractivity contribution < 1.29 is 28.7 Å². The Morgan fingerprint density at radius 2 is 2.14 bits per heavy atom. The van der Waals surface area contributed by atoms with E-state index in [4.69, 9.17) is 9.47 Å². The number of amides is 1. The lowest BCUT2D eigenvalue weighted by Gasteiger charge is -2.49. The van der Waals surface area contributed by atoms with Gasteiger partial charge in [-0.05, 0) is 11.4 Å². The fraction of sp³-hybridized carbons (Fsp3) is 0.400. The van der Waals surface area contributed by atoms with Gasteiger partial charge in [-0.15, -0.1) is 23.1 Å². The molecule has 29 heavy (non-hydrogen) atoms. The van der Waals surface area contributed by atoms with Gasteiger partial charge in [-0.2, -0.15) is 0 Å². The van der Waals surface area contributed by atoms with Crippen LogP contribution in [0, 0.1) is 5.92 Å². The molecule has 7 nitrogen and oxygen atoms in total. The normalized spacial score (nSPS) is 20.6. The first kappa shape index (κ1) is 21.3. The molecule has 0 aliphatic carbocycles. The van der Waals surface area contributed by atoms with Crippen LogP contribution in [0.2, 0.25) is 0 Å². The maximum absolute atomic E-state index is 12.8. The van der Waals surface area contributed by atoms with Crippen LogP contribution in [0.4, 0.5) is 0 Å². The van der Waals surface area contributed by atoms with Crippen LogP contribution >= 0.6 is 23.1 Å². The number of thiophene rings is 1. The molecule has 3 rings (SSSR count). The summed E-state index contributed by atoms with van der Waals surface area (Å²) in [6.45, 7) is 4.71. The van der Waals surface area contributed by atoms with E-state index in [0.717, 1.165) is 4.88 Å². The standard InChI is InChI=1S/C20H21NO6S2/c1-3-6-26-20(25)17-13(10-27-12(2)22)11-29-19-16(18(24)21(17)19)9-14(23)8-15-5-4-7-28-15/h3-5,7,16,19H,1,6,8-11H2,2H3. The van der Waals surface area contributed by atoms with Gasteiger partial charge in [0.05, 0.1) is 11.3 Å². The maximum atomic E-state index is 12.8. The monoisotopic (exact) mass is 435 g/mol. The SMILES string of the molecule is C=CCOC(=O)C1=C(COC(C)=O)CSC2C(CC(=O)Cc3cccs3)C(=O)N12. The molecule has 3 heterocycles. The lowest BCUT2D eigenvalue weighted by atomic mass is 9.89. The summed E-state index contributed by atoms with van der Waals surface area (Å²) in [4.78, 5) is 51.2. The smallest absolute Gasteiger partial charge is 0.355 e. The molecule has 1 saturated heterocycles. The van der Waals surface area contributed by atoms with Gasteiger partial charge in [0.15, 0.2) is 0 Å². The van der Waals surface area contributed by atoms with Gasteiger partial charge in [-0.25, -0.2) is 4.79 Å². The summed E-state index contributed by atoms with van der Waals surface area (Å²) in [5.74, 6) is -1.48. The minimum atomic E-state index is -0.658. The summed E-state index contributed by atoms with van der Waals surface area (Å²) in [5, 5.41) is 1.61. The number of nitrogens with zero attached hydrogens (tertiary/aromatic N) is 1. The van der Waals surface area contributed by atoms with Crippen LogP contribution in [-0.4, -0.2) is 52.9 Å². The minimum absolute atomic E-state index is 0.00322. The van der Waals surface area contributed by atoms with Crippen LogP contribution in [-0.2, 0) is 35.1 Å². The predicted octanol–water partition coefficient (Wildman–Crippen LogP) is 2.33. The summed E-state index contributed by atoms with van der Waals surface area (Å²) in [5.41, 5.74) is 0.635. The molecule has 2 unspecified atom stereocenters. The molecule has 2 aliphatic heterocycles. The molecule has 0 saturated carbocycles. The maximum Gasteiger partial charge on any atom is 0.355 e. The summed E-state index contributed by atoms with van der Waals surface area (Å²) >= 11 is 2.97. The van der Waals surface area contributed by atoms with Gasteiger partial charge in [0.2, 0.25) is 5.91 Å². The van der Waals surface area contributed by atoms with Crippen molar-refractivity contribution in [1.82, 2.24) is 4.90 Å². The first-order chi connectivity index (χ1) is 13.9. The Morgan fingerprint density at radius 3 is 2.79 bits per heavy atom. The van der Waals surface area contributed by atoms with E-state index in [1.54, 1.807) is 0 Å². The van der Waals surface area contributed by atoms with Gasteiger partial charge in [0.1, 0.15) is 24.7 Å². The van der Waals surface area contributed by atoms with Crippen molar-refractivity contribution in [3.63, 3.8) is 0 Å². The van der Waals surface area contributed by atoms with E-state index in [9.17, 15) is 19.2 Å². The van der Waals surface area contributed by atoms with Gasteiger partial charge < -0.3 is 9.47 Å². The zero-order chi connectivity index (χ0) is 21.0. The Hall–Kier alpha value is -2.39. The molecule has 0 radical (unpaired) electrons. The van der Waals surface area contributed by atoms with Crippen LogP contribution < -0.4 is 0 Å². The second-order valence-corrected chi connectivity index (χ2v) is 8.77. The highest BCUT2D eigenvalue weighted by Gasteiger charge is 2.54. The molecule has 2 atom stereocenters. The van der Waals surface area contributed by atoms with Crippen molar-refractivity contribution in [2.45, 2.75) is 25.1 Å². The molecule has 154 valence electrons. The quantitative estimate of drug-likeness (QED) is 0.334. The van der Waals surface area contributed by atoms with E-state index in [0.29, 0.717) is 17.7 Å². The highest BCUT2D eigenvalue weighted by atomic mass is 32.2. The summed E-state index contributed by atoms with van der Waals surface area (Å²) in [6, 6.07) is 3.78. The highest BCUT2D eigenvalue weighted by molar-refractivity contribution is 8.00. The topological polar surface area (TPSA) is 90.0 Å². The number of hydrogen-bond acceptors (Lipinski definition) is 8. The van der Waals surface area contributed by atoms with Gasteiger partial charge in [-0.1, -0.05) is 18.7 Å². The predicted molar refractivity (Wildman–Crippen MR) is 109 cm³/mol. The van der Waals surface area contributed by atoms with Crippen molar-refractivity contribution in [3.8, 4) is 0 Å². The number of carbonyl (C=O) groups is 4. The van der Waals surface area contributed by atoms with E-state index in [2.05, 4.69) is 6.58 Å². The van der Waals surface area contributed by atoms with E-state index < -0.39 is 17.9 Å². The molecule has 1 amide bonds. The molecule has 0 bridgehead atoms. The molecule has 1 aromatic heterocycles. The number of rotatable bonds is 9. The van der Waals surface area contributed by atoms with Gasteiger partial charge in [-0.3, -0.25) is 19.3 Å². The Labute approximate surface area is 176 Å². The number of hydrogen-bond donors (Lipinski definition) is 0. The number of carbonyl (C=O) groups excluding carboxylic acids is 4. The fourth-order valence-electron chi connectivity index (χ4n) is 3.23. The second kappa shape index (κ2) is 9.41. The van der Waals surface area contributed by atoms with Crippen LogP contribution in [0.1, 0.15) is 18.2 Å². The van der Waals surface area contributed by atoms with Crippen molar-refractivity contribution in [1.29, 1.82) is 0 Å². The Balaban J connectivity index is 1.73. The molecule has 9 heteroatoms. The fourth-order valence-corrected chi connectivity index (χ4v) is 5.36. The molecule has 1 aromatic rings. The summed E-state index contributed by atoms with van der Waals surface area (Å²) < 4.78 is 10.2. The van der Waals surface area contributed by atoms with Gasteiger partial charge >= 0.3 is 11.9 Å². The average molecular weight is 436 g/mol. The molecular weight excluding hydrogens is 414 g/mol. The number of Topliss-reactive ketones (excluding diaryl/α,β-unsaturated/α-hetero) is 1. The molecular formula is C20H21NO6S2. The molecule has 0 aromatic carbocycles. The first-order valence-corrected chi connectivity index (χ1v) is 11.0. The molecule has 0 spiro atoms. The zero-order valence-electron chi connectivity index (χ0n) is 15.9. The Morgan fingerprint density at radius 1 is 1.34 bits per heavy atom. The summed E-state index contributed by atoms with van der Waals surface area (Å²) in [7, 11) is 0. The van der Waals surface area contributed by atoms with E-state index in [-0.39, 0.29) is 42.4 Å². The van der Waals surface area contributed by atoms with Crippen molar-refractivity contribution in [2.24, 2.45) is 5.92 Å². The van der Waals surface area contributed by atoms with Crippen LogP contribution in [0.25, 0.3) is 0 Å². The lowest BCUT2D eigenvalue weighted by Crippen LogP contribution is -2.62. The first-order valence-electron chi connectivity index (χ1n) is 9.04. The van der Waals surface area contributed by atoms with E-state index in [1.807, 2.05) is 17.5 Å². The number of ether oxygens (including phenoxy) is 2. The van der Waals surface area contributed by atoms with Crippen LogP contribution in [0.5, 0.6) is 0 Å². The molecule has 1 fully saturated rings. The Kier molecular flexibility index (Phi) is 6.92. The van der Waals surface area contributed by atoms with Crippen molar-refractivity contribution >= 4 is 46.7 Å². The van der Waals surface area contributed by atoms with E-state index >= 15 is 0 Å². The number of esters is 2. The minimum Gasteiger partial charge on any atom is -0.461 e. The average Bonchev–Trinajstić information content (AvgIpc) is 3.20. The third kappa shape index (κ3) is 4.79. The van der Waals surface area contributed by atoms with Crippen LogP contribution in [0.3, 0.4) is 0 Å². The zero-order valence-corrected chi connectivity index (χ0v) is 17.6. The van der Waals surface area contributed by atoms with E-state index in [1.165, 1.54) is 41.0 Å². The van der Waals surface area contributed by atoms with Crippen molar-refractivity contribution in [2.75, 3.05) is 19.0 Å². The summed E-state index contributed by atoms with van der Waals surface area (Å²) in [6.07, 6.45) is 1.88. The van der Waals surface area contributed by atoms with Crippen LogP contribution in [0.15, 0.2) is 41.4 Å². The molecule has 0 N–H and O–H groups in total. The lowest BCUT2D eigenvalue weighted by molar-refractivity contribution is -0.155. The Bertz CT molecular complexity index is 860. The van der Waals surface area contributed by atoms with Crippen molar-refractivity contribution in [3.05, 3.63) is 46.3 Å². The van der Waals surface area contributed by atoms with Gasteiger partial charge in [0, 0.05) is 36.0 Å². The number of ketones is 1. The third-order valence-electron chi connectivity index (χ3n) is 4.53. The molecule has 2 aliphatic rings. The number of thioether (sulfide) groups is 1. The number of fused-ring (bicyclic) bond motifs is 1. The third-order valence-corrected chi connectivity index (χ3v) is 6.80. The van der Waals surface area contributed by atoms with Gasteiger partial charge in [0.25, 0.3) is 0 Å².